The largest absolute Gasteiger partial charge is 0.476 e. The number of nitrogens with zero attached hydrogens (tertiary/aromatic N) is 2. The van der Waals surface area contributed by atoms with Gasteiger partial charge >= 0.3 is 5.97 Å². The molecular formula is C12H8BrIN2O3. The van der Waals surface area contributed by atoms with Crippen molar-refractivity contribution in [1.82, 2.24) is 9.78 Å². The molecule has 0 fully saturated rings. The Bertz CT molecular complexity index is 727. The number of rotatable bonds is 2. The Labute approximate surface area is 130 Å². The first-order chi connectivity index (χ1) is 8.90. The Kier molecular flexibility index (Phi) is 4.04. The predicted molar refractivity (Wildman–Crippen MR) is 81.9 cm³/mol. The zero-order chi connectivity index (χ0) is 14.2. The Morgan fingerprint density at radius 1 is 1.42 bits per heavy atom. The van der Waals surface area contributed by atoms with Gasteiger partial charge in [-0.1, -0.05) is 0 Å². The van der Waals surface area contributed by atoms with Gasteiger partial charge in [-0.25, -0.2) is 9.48 Å². The summed E-state index contributed by atoms with van der Waals surface area (Å²) in [4.78, 5) is 22.5. The van der Waals surface area contributed by atoms with E-state index in [4.69, 9.17) is 5.11 Å². The second-order valence-electron chi connectivity index (χ2n) is 3.81. The minimum Gasteiger partial charge on any atom is -0.476 e. The van der Waals surface area contributed by atoms with Crippen LogP contribution in [0.4, 0.5) is 0 Å². The molecule has 2 rings (SSSR count). The molecule has 1 N–H and O–H groups in total. The molecule has 2 aromatic rings. The molecule has 1 aromatic heterocycles. The van der Waals surface area contributed by atoms with E-state index in [1.165, 1.54) is 10.7 Å². The van der Waals surface area contributed by atoms with Crippen molar-refractivity contribution < 1.29 is 9.90 Å². The van der Waals surface area contributed by atoms with Crippen molar-refractivity contribution in [3.63, 3.8) is 0 Å². The van der Waals surface area contributed by atoms with Crippen LogP contribution in [0.5, 0.6) is 0 Å². The van der Waals surface area contributed by atoms with Crippen molar-refractivity contribution in [2.24, 2.45) is 0 Å². The van der Waals surface area contributed by atoms with E-state index in [9.17, 15) is 9.59 Å². The van der Waals surface area contributed by atoms with Crippen molar-refractivity contribution in [2.45, 2.75) is 6.92 Å². The molecule has 0 spiro atoms. The molecule has 0 amide bonds. The summed E-state index contributed by atoms with van der Waals surface area (Å²) in [5.41, 5.74) is 0.163. The van der Waals surface area contributed by atoms with Crippen LogP contribution >= 0.6 is 38.5 Å². The number of hydrogen-bond acceptors (Lipinski definition) is 3. The molecule has 0 radical (unpaired) electrons. The molecule has 0 saturated carbocycles. The van der Waals surface area contributed by atoms with Crippen molar-refractivity contribution in [3.05, 3.63) is 53.9 Å². The maximum atomic E-state index is 11.5. The van der Waals surface area contributed by atoms with E-state index in [1.807, 2.05) is 18.2 Å². The van der Waals surface area contributed by atoms with E-state index in [-0.39, 0.29) is 0 Å². The van der Waals surface area contributed by atoms with Gasteiger partial charge in [0, 0.05) is 19.8 Å². The van der Waals surface area contributed by atoms with Crippen LogP contribution in [-0.4, -0.2) is 20.9 Å². The molecule has 98 valence electrons. The Hall–Kier alpha value is -1.22. The van der Waals surface area contributed by atoms with Crippen LogP contribution in [-0.2, 0) is 0 Å². The highest BCUT2D eigenvalue weighted by atomic mass is 127. The molecule has 0 aliphatic carbocycles. The zero-order valence-corrected chi connectivity index (χ0v) is 13.5. The third kappa shape index (κ3) is 2.86. The molecule has 5 nitrogen and oxygen atoms in total. The fraction of sp³-hybridized carbons (Fsp3) is 0.0833. The molecular weight excluding hydrogens is 427 g/mol. The lowest BCUT2D eigenvalue weighted by Crippen LogP contribution is -2.22. The third-order valence-electron chi connectivity index (χ3n) is 2.45. The van der Waals surface area contributed by atoms with Crippen LogP contribution in [0.1, 0.15) is 16.2 Å². The second kappa shape index (κ2) is 5.41. The molecule has 0 saturated heterocycles. The summed E-state index contributed by atoms with van der Waals surface area (Å²) in [5.74, 6) is -1.33. The van der Waals surface area contributed by atoms with Gasteiger partial charge < -0.3 is 5.11 Å². The molecule has 0 atom stereocenters. The van der Waals surface area contributed by atoms with Gasteiger partial charge in [0.2, 0.25) is 11.1 Å². The van der Waals surface area contributed by atoms with E-state index < -0.39 is 17.1 Å². The van der Waals surface area contributed by atoms with Gasteiger partial charge in [-0.15, -0.1) is 0 Å². The van der Waals surface area contributed by atoms with Crippen LogP contribution in [0.3, 0.4) is 0 Å². The fourth-order valence-corrected chi connectivity index (χ4v) is 3.06. The van der Waals surface area contributed by atoms with Gasteiger partial charge in [0.05, 0.1) is 5.69 Å². The van der Waals surface area contributed by atoms with E-state index >= 15 is 0 Å². The first kappa shape index (κ1) is 14.2. The van der Waals surface area contributed by atoms with Crippen molar-refractivity contribution in [2.75, 3.05) is 0 Å². The van der Waals surface area contributed by atoms with Crippen LogP contribution in [0.25, 0.3) is 5.69 Å². The molecule has 0 aliphatic heterocycles. The van der Waals surface area contributed by atoms with Crippen molar-refractivity contribution >= 4 is 44.5 Å². The van der Waals surface area contributed by atoms with Crippen molar-refractivity contribution in [1.29, 1.82) is 0 Å². The summed E-state index contributed by atoms with van der Waals surface area (Å²) < 4.78 is 3.24. The smallest absolute Gasteiger partial charge is 0.360 e. The van der Waals surface area contributed by atoms with Gasteiger partial charge in [0.1, 0.15) is 0 Å². The first-order valence-electron chi connectivity index (χ1n) is 5.20. The molecule has 0 bridgehead atoms. The second-order valence-corrected chi connectivity index (χ2v) is 5.91. The highest BCUT2D eigenvalue weighted by molar-refractivity contribution is 14.1. The van der Waals surface area contributed by atoms with Gasteiger partial charge in [0.15, 0.2) is 0 Å². The number of carbonyl (C=O) groups is 1. The predicted octanol–water partition coefficient (Wildman–Crippen LogP) is 2.61. The summed E-state index contributed by atoms with van der Waals surface area (Å²) >= 11 is 5.58. The van der Waals surface area contributed by atoms with E-state index in [2.05, 4.69) is 43.6 Å². The molecule has 1 heterocycles. The quantitative estimate of drug-likeness (QED) is 0.737. The standard InChI is InChI=1S/C12H8BrIN2O3/c1-6-4-10(17)11(12(18)19)15-16(6)9-3-2-7(14)5-8(9)13/h2-5H,1H3,(H,18,19). The maximum absolute atomic E-state index is 11.5. The Morgan fingerprint density at radius 3 is 2.68 bits per heavy atom. The minimum absolute atomic E-state index is 0.490. The molecule has 19 heavy (non-hydrogen) atoms. The number of carboxylic acid groups (broad SMARTS) is 1. The van der Waals surface area contributed by atoms with E-state index in [0.717, 1.165) is 8.04 Å². The molecule has 1 aromatic carbocycles. The summed E-state index contributed by atoms with van der Waals surface area (Å²) in [6.07, 6.45) is 0. The summed E-state index contributed by atoms with van der Waals surface area (Å²) in [6, 6.07) is 6.83. The fourth-order valence-electron chi connectivity index (χ4n) is 1.59. The number of benzene rings is 1. The summed E-state index contributed by atoms with van der Waals surface area (Å²) in [5, 5.41) is 12.9. The average molecular weight is 435 g/mol. The number of carboxylic acids is 1. The van der Waals surface area contributed by atoms with Crippen LogP contribution in [0.15, 0.2) is 33.5 Å². The number of hydrogen-bond donors (Lipinski definition) is 1. The van der Waals surface area contributed by atoms with Crippen LogP contribution in [0, 0.1) is 10.5 Å². The SMILES string of the molecule is Cc1cc(=O)c(C(=O)O)nn1-c1ccc(I)cc1Br. The van der Waals surface area contributed by atoms with E-state index in [0.29, 0.717) is 11.4 Å². The van der Waals surface area contributed by atoms with Gasteiger partial charge in [0.25, 0.3) is 0 Å². The molecule has 0 unspecified atom stereocenters. The third-order valence-corrected chi connectivity index (χ3v) is 3.75. The normalized spacial score (nSPS) is 10.5. The summed E-state index contributed by atoms with van der Waals surface area (Å²) in [7, 11) is 0. The monoisotopic (exact) mass is 434 g/mol. The average Bonchev–Trinajstić information content (AvgIpc) is 2.30. The lowest BCUT2D eigenvalue weighted by molar-refractivity contribution is 0.0686. The Morgan fingerprint density at radius 2 is 2.11 bits per heavy atom. The topological polar surface area (TPSA) is 72.2 Å². The number of aryl methyl sites for hydroxylation is 1. The number of halogens is 2. The summed E-state index contributed by atoms with van der Waals surface area (Å²) in [6.45, 7) is 1.70. The van der Waals surface area contributed by atoms with E-state index in [1.54, 1.807) is 6.92 Å². The highest BCUT2D eigenvalue weighted by Gasteiger charge is 2.14. The first-order valence-corrected chi connectivity index (χ1v) is 7.07. The lowest BCUT2D eigenvalue weighted by Gasteiger charge is -2.11. The van der Waals surface area contributed by atoms with Gasteiger partial charge in [-0.3, -0.25) is 4.79 Å². The maximum Gasteiger partial charge on any atom is 0.360 e. The zero-order valence-electron chi connectivity index (χ0n) is 9.72. The molecule has 7 heteroatoms. The van der Waals surface area contributed by atoms with Crippen LogP contribution < -0.4 is 5.43 Å². The van der Waals surface area contributed by atoms with Crippen molar-refractivity contribution in [3.8, 4) is 5.69 Å². The lowest BCUT2D eigenvalue weighted by atomic mass is 10.3. The number of aromatic nitrogens is 2. The molecule has 0 aliphatic rings. The highest BCUT2D eigenvalue weighted by Crippen LogP contribution is 2.23. The van der Waals surface area contributed by atoms with Gasteiger partial charge in [-0.2, -0.15) is 5.10 Å². The van der Waals surface area contributed by atoms with Crippen LogP contribution in [0.2, 0.25) is 0 Å². The Balaban J connectivity index is 2.71. The van der Waals surface area contributed by atoms with Gasteiger partial charge in [-0.05, 0) is 63.6 Å². The number of aromatic carboxylic acids is 1. The minimum atomic E-state index is -1.33.